The van der Waals surface area contributed by atoms with E-state index in [1.54, 1.807) is 30.4 Å². The molecule has 0 amide bonds. The van der Waals surface area contributed by atoms with Gasteiger partial charge in [0.1, 0.15) is 0 Å². The number of halogens is 1. The third-order valence-electron chi connectivity index (χ3n) is 1.83. The molecule has 1 rings (SSSR count). The third-order valence-corrected chi connectivity index (χ3v) is 2.20. The first-order valence-corrected chi connectivity index (χ1v) is 4.79. The number of aliphatic carboxylic acids is 1. The van der Waals surface area contributed by atoms with Crippen LogP contribution >= 0.6 is 11.6 Å². The summed E-state index contributed by atoms with van der Waals surface area (Å²) in [7, 11) is 0. The summed E-state index contributed by atoms with van der Waals surface area (Å²) in [6.07, 6.45) is 3.19. The number of carboxylic acid groups (broad SMARTS) is 1. The molecule has 3 nitrogen and oxygen atoms in total. The number of rotatable bonds is 4. The van der Waals surface area contributed by atoms with E-state index in [1.807, 2.05) is 0 Å². The predicted octanol–water partition coefficient (Wildman–Crippen LogP) is 1.97. The van der Waals surface area contributed by atoms with Crippen LogP contribution in [0.3, 0.4) is 0 Å². The quantitative estimate of drug-likeness (QED) is 0.825. The van der Waals surface area contributed by atoms with Gasteiger partial charge in [0.2, 0.25) is 0 Å². The molecule has 4 heteroatoms. The van der Waals surface area contributed by atoms with Crippen molar-refractivity contribution < 1.29 is 15.0 Å². The Kier molecular flexibility index (Phi) is 4.34. The van der Waals surface area contributed by atoms with Gasteiger partial charge in [-0.05, 0) is 23.3 Å². The molecule has 0 aliphatic heterocycles. The minimum atomic E-state index is -0.916. The molecule has 1 aromatic rings. The molecule has 0 saturated carbocycles. The number of hydrogen-bond donors (Lipinski definition) is 2. The van der Waals surface area contributed by atoms with E-state index >= 15 is 0 Å². The second kappa shape index (κ2) is 5.53. The molecular weight excluding hydrogens is 216 g/mol. The zero-order valence-corrected chi connectivity index (χ0v) is 8.74. The molecule has 0 saturated heterocycles. The molecule has 0 heterocycles. The highest BCUT2D eigenvalue weighted by Gasteiger charge is 2.05. The summed E-state index contributed by atoms with van der Waals surface area (Å²) in [5.74, 6) is -0.916. The average molecular weight is 227 g/mol. The first kappa shape index (κ1) is 11.8. The van der Waals surface area contributed by atoms with Gasteiger partial charge in [-0.25, -0.2) is 0 Å². The van der Waals surface area contributed by atoms with E-state index in [0.717, 1.165) is 5.56 Å². The molecule has 0 fully saturated rings. The van der Waals surface area contributed by atoms with Crippen molar-refractivity contribution in [2.45, 2.75) is 6.42 Å². The first-order valence-electron chi connectivity index (χ1n) is 4.41. The lowest BCUT2D eigenvalue weighted by molar-refractivity contribution is -0.136. The summed E-state index contributed by atoms with van der Waals surface area (Å²) in [6.45, 7) is -0.0448. The van der Waals surface area contributed by atoms with Gasteiger partial charge >= 0.3 is 5.97 Å². The molecule has 0 atom stereocenters. The molecule has 15 heavy (non-hydrogen) atoms. The Balaban J connectivity index is 2.94. The fourth-order valence-electron chi connectivity index (χ4n) is 1.19. The molecule has 0 unspecified atom stereocenters. The van der Waals surface area contributed by atoms with Gasteiger partial charge in [-0.1, -0.05) is 29.8 Å². The number of carboxylic acids is 1. The van der Waals surface area contributed by atoms with Crippen LogP contribution in [0.25, 0.3) is 6.08 Å². The zero-order chi connectivity index (χ0) is 11.3. The Labute approximate surface area is 92.6 Å². The minimum Gasteiger partial charge on any atom is -0.481 e. The molecule has 0 bridgehead atoms. The van der Waals surface area contributed by atoms with E-state index in [4.69, 9.17) is 21.8 Å². The molecule has 0 aliphatic carbocycles. The standard InChI is InChI=1S/C11H11ClO3/c12-10-4-3-8(2-1-5-13)6-9(10)7-11(14)15/h1-4,6,13H,5,7H2,(H,14,15). The van der Waals surface area contributed by atoms with E-state index in [1.165, 1.54) is 0 Å². The molecule has 2 N–H and O–H groups in total. The maximum atomic E-state index is 10.5. The van der Waals surface area contributed by atoms with Crippen LogP contribution in [0.4, 0.5) is 0 Å². The summed E-state index contributed by atoms with van der Waals surface area (Å²) < 4.78 is 0. The molecule has 80 valence electrons. The summed E-state index contributed by atoms with van der Waals surface area (Å²) in [5.41, 5.74) is 1.40. The topological polar surface area (TPSA) is 57.5 Å². The maximum absolute atomic E-state index is 10.5. The molecule has 0 aromatic heterocycles. The fraction of sp³-hybridized carbons (Fsp3) is 0.182. The average Bonchev–Trinajstić information content (AvgIpc) is 2.18. The van der Waals surface area contributed by atoms with E-state index < -0.39 is 5.97 Å². The van der Waals surface area contributed by atoms with Crippen molar-refractivity contribution >= 4 is 23.6 Å². The van der Waals surface area contributed by atoms with Crippen molar-refractivity contribution in [3.05, 3.63) is 40.4 Å². The highest BCUT2D eigenvalue weighted by molar-refractivity contribution is 6.31. The highest BCUT2D eigenvalue weighted by atomic mass is 35.5. The van der Waals surface area contributed by atoms with Crippen LogP contribution < -0.4 is 0 Å². The first-order chi connectivity index (χ1) is 7.13. The van der Waals surface area contributed by atoms with E-state index in [-0.39, 0.29) is 13.0 Å². The maximum Gasteiger partial charge on any atom is 0.307 e. The van der Waals surface area contributed by atoms with Crippen molar-refractivity contribution in [2.24, 2.45) is 0 Å². The lowest BCUT2D eigenvalue weighted by atomic mass is 10.1. The van der Waals surface area contributed by atoms with Gasteiger partial charge in [0, 0.05) is 5.02 Å². The van der Waals surface area contributed by atoms with Gasteiger partial charge < -0.3 is 10.2 Å². The lowest BCUT2D eigenvalue weighted by Crippen LogP contribution is -2.00. The predicted molar refractivity (Wildman–Crippen MR) is 58.9 cm³/mol. The van der Waals surface area contributed by atoms with Crippen LogP contribution in [0, 0.1) is 0 Å². The number of aliphatic hydroxyl groups is 1. The van der Waals surface area contributed by atoms with Crippen molar-refractivity contribution in [3.63, 3.8) is 0 Å². The summed E-state index contributed by atoms with van der Waals surface area (Å²) in [4.78, 5) is 10.5. The minimum absolute atomic E-state index is 0.0448. The van der Waals surface area contributed by atoms with Gasteiger partial charge in [-0.3, -0.25) is 4.79 Å². The van der Waals surface area contributed by atoms with E-state index in [2.05, 4.69) is 0 Å². The monoisotopic (exact) mass is 226 g/mol. The van der Waals surface area contributed by atoms with Gasteiger partial charge in [0.25, 0.3) is 0 Å². The van der Waals surface area contributed by atoms with Crippen molar-refractivity contribution in [2.75, 3.05) is 6.61 Å². The molecule has 0 radical (unpaired) electrons. The summed E-state index contributed by atoms with van der Waals surface area (Å²) >= 11 is 5.84. The van der Waals surface area contributed by atoms with Gasteiger partial charge in [-0.2, -0.15) is 0 Å². The Morgan fingerprint density at radius 2 is 2.20 bits per heavy atom. The van der Waals surface area contributed by atoms with Gasteiger partial charge in [0.15, 0.2) is 0 Å². The summed E-state index contributed by atoms with van der Waals surface area (Å²) in [6, 6.07) is 5.11. The van der Waals surface area contributed by atoms with Gasteiger partial charge in [0.05, 0.1) is 13.0 Å². The number of hydrogen-bond acceptors (Lipinski definition) is 2. The van der Waals surface area contributed by atoms with Crippen molar-refractivity contribution in [1.82, 2.24) is 0 Å². The highest BCUT2D eigenvalue weighted by Crippen LogP contribution is 2.19. The van der Waals surface area contributed by atoms with Crippen LogP contribution in [0.15, 0.2) is 24.3 Å². The zero-order valence-electron chi connectivity index (χ0n) is 7.98. The lowest BCUT2D eigenvalue weighted by Gasteiger charge is -2.02. The smallest absolute Gasteiger partial charge is 0.307 e. The number of carbonyl (C=O) groups is 1. The van der Waals surface area contributed by atoms with Crippen molar-refractivity contribution in [3.8, 4) is 0 Å². The Bertz CT molecular complexity index is 385. The summed E-state index contributed by atoms with van der Waals surface area (Å²) in [5, 5.41) is 17.7. The van der Waals surface area contributed by atoms with Gasteiger partial charge in [-0.15, -0.1) is 0 Å². The Morgan fingerprint density at radius 3 is 2.80 bits per heavy atom. The second-order valence-electron chi connectivity index (χ2n) is 3.01. The largest absolute Gasteiger partial charge is 0.481 e. The van der Waals surface area contributed by atoms with E-state index in [0.29, 0.717) is 10.6 Å². The molecule has 0 spiro atoms. The van der Waals surface area contributed by atoms with Crippen LogP contribution in [-0.4, -0.2) is 22.8 Å². The van der Waals surface area contributed by atoms with Crippen LogP contribution in [0.1, 0.15) is 11.1 Å². The molecule has 0 aliphatic rings. The normalized spacial score (nSPS) is 10.8. The second-order valence-corrected chi connectivity index (χ2v) is 3.41. The Morgan fingerprint density at radius 1 is 1.47 bits per heavy atom. The Hall–Kier alpha value is -1.32. The van der Waals surface area contributed by atoms with Crippen LogP contribution in [0.5, 0.6) is 0 Å². The van der Waals surface area contributed by atoms with Crippen molar-refractivity contribution in [1.29, 1.82) is 0 Å². The fourth-order valence-corrected chi connectivity index (χ4v) is 1.37. The SMILES string of the molecule is O=C(O)Cc1cc(C=CCO)ccc1Cl. The third kappa shape index (κ3) is 3.73. The number of aliphatic hydroxyl groups excluding tert-OH is 1. The number of benzene rings is 1. The molecule has 1 aromatic carbocycles. The van der Waals surface area contributed by atoms with Crippen LogP contribution in [-0.2, 0) is 11.2 Å². The van der Waals surface area contributed by atoms with Crippen LogP contribution in [0.2, 0.25) is 5.02 Å². The van der Waals surface area contributed by atoms with E-state index in [9.17, 15) is 4.79 Å². The molecular formula is C11H11ClO3.